The summed E-state index contributed by atoms with van der Waals surface area (Å²) in [4.78, 5) is 31.5. The summed E-state index contributed by atoms with van der Waals surface area (Å²) in [5.41, 5.74) is 7.04. The molecule has 10 nitrogen and oxygen atoms in total. The zero-order valence-corrected chi connectivity index (χ0v) is 20.0. The SMILES string of the molecule is C=CCn1c(SCC(=O)N2CCN(c3ncccn3)CC2)nnc1-c1sc2ncccc2c1N. The van der Waals surface area contributed by atoms with Crippen molar-refractivity contribution in [1.82, 2.24) is 34.6 Å². The third-order valence-electron chi connectivity index (χ3n) is 5.53. The Kier molecular flexibility index (Phi) is 6.41. The molecule has 1 aliphatic heterocycles. The van der Waals surface area contributed by atoms with Gasteiger partial charge >= 0.3 is 0 Å². The normalized spacial score (nSPS) is 14.0. The first-order valence-corrected chi connectivity index (χ1v) is 12.6. The van der Waals surface area contributed by atoms with Crippen molar-refractivity contribution in [3.05, 3.63) is 49.4 Å². The van der Waals surface area contributed by atoms with E-state index in [2.05, 4.69) is 36.6 Å². The minimum Gasteiger partial charge on any atom is -0.397 e. The van der Waals surface area contributed by atoms with Crippen molar-refractivity contribution in [3.8, 4) is 10.7 Å². The number of nitrogens with two attached hydrogens (primary N) is 1. The summed E-state index contributed by atoms with van der Waals surface area (Å²) >= 11 is 2.86. The molecule has 0 saturated carbocycles. The van der Waals surface area contributed by atoms with Crippen LogP contribution in [0.3, 0.4) is 0 Å². The number of carbonyl (C=O) groups is 1. The number of amides is 1. The molecule has 12 heteroatoms. The second kappa shape index (κ2) is 9.77. The number of nitrogens with zero attached hydrogens (tertiary/aromatic N) is 8. The second-order valence-electron chi connectivity index (χ2n) is 7.61. The summed E-state index contributed by atoms with van der Waals surface area (Å²) in [6.45, 7) is 7.05. The van der Waals surface area contributed by atoms with Crippen LogP contribution in [0.5, 0.6) is 0 Å². The fourth-order valence-corrected chi connectivity index (χ4v) is 5.71. The number of hydrogen-bond acceptors (Lipinski definition) is 10. The Morgan fingerprint density at radius 2 is 1.88 bits per heavy atom. The summed E-state index contributed by atoms with van der Waals surface area (Å²) in [5.74, 6) is 1.70. The monoisotopic (exact) mass is 493 g/mol. The Hall–Kier alpha value is -3.51. The zero-order chi connectivity index (χ0) is 23.5. The van der Waals surface area contributed by atoms with Crippen LogP contribution in [0.1, 0.15) is 0 Å². The van der Waals surface area contributed by atoms with Gasteiger partial charge in [-0.1, -0.05) is 17.8 Å². The number of allylic oxidation sites excluding steroid dienone is 1. The Morgan fingerprint density at radius 3 is 2.62 bits per heavy atom. The molecule has 4 aromatic heterocycles. The van der Waals surface area contributed by atoms with Crippen molar-refractivity contribution in [2.75, 3.05) is 42.6 Å². The van der Waals surface area contributed by atoms with Gasteiger partial charge in [-0.3, -0.25) is 9.36 Å². The molecule has 0 aromatic carbocycles. The molecule has 5 heterocycles. The smallest absolute Gasteiger partial charge is 0.233 e. The molecule has 1 saturated heterocycles. The van der Waals surface area contributed by atoms with Crippen LogP contribution in [0.2, 0.25) is 0 Å². The van der Waals surface area contributed by atoms with E-state index in [4.69, 9.17) is 5.73 Å². The Bertz CT molecular complexity index is 1310. The first-order valence-electron chi connectivity index (χ1n) is 10.8. The Balaban J connectivity index is 1.27. The third-order valence-corrected chi connectivity index (χ3v) is 7.61. The van der Waals surface area contributed by atoms with Crippen LogP contribution in [-0.4, -0.2) is 72.5 Å². The van der Waals surface area contributed by atoms with E-state index in [9.17, 15) is 4.79 Å². The highest BCUT2D eigenvalue weighted by atomic mass is 32.2. The molecular formula is C22H23N9OS2. The van der Waals surface area contributed by atoms with Gasteiger partial charge in [0.1, 0.15) is 4.83 Å². The molecule has 34 heavy (non-hydrogen) atoms. The number of thioether (sulfide) groups is 1. The van der Waals surface area contributed by atoms with E-state index in [0.29, 0.717) is 55.3 Å². The van der Waals surface area contributed by atoms with Crippen LogP contribution >= 0.6 is 23.1 Å². The summed E-state index contributed by atoms with van der Waals surface area (Å²) in [6, 6.07) is 5.61. The highest BCUT2D eigenvalue weighted by Crippen LogP contribution is 2.39. The number of aromatic nitrogens is 6. The van der Waals surface area contributed by atoms with E-state index in [-0.39, 0.29) is 11.7 Å². The molecule has 4 aromatic rings. The Morgan fingerprint density at radius 1 is 1.12 bits per heavy atom. The quantitative estimate of drug-likeness (QED) is 0.306. The average molecular weight is 494 g/mol. The molecule has 0 spiro atoms. The standard InChI is InChI=1S/C22H23N9OS2/c1-2-9-31-19(18-17(23)15-5-3-6-24-20(15)34-18)27-28-22(31)33-14-16(32)29-10-12-30(13-11-29)21-25-7-4-8-26-21/h2-8H,1,9-14,23H2. The van der Waals surface area contributed by atoms with Gasteiger partial charge in [0.2, 0.25) is 11.9 Å². The first kappa shape index (κ1) is 22.3. The molecular weight excluding hydrogens is 470 g/mol. The number of hydrogen-bond donors (Lipinski definition) is 1. The summed E-state index contributed by atoms with van der Waals surface area (Å²) in [7, 11) is 0. The fourth-order valence-electron chi connectivity index (χ4n) is 3.80. The van der Waals surface area contributed by atoms with Gasteiger partial charge in [-0.25, -0.2) is 15.0 Å². The van der Waals surface area contributed by atoms with E-state index >= 15 is 0 Å². The topological polar surface area (TPSA) is 119 Å². The molecule has 174 valence electrons. The number of nitrogen functional groups attached to an aromatic ring is 1. The van der Waals surface area contributed by atoms with Crippen molar-refractivity contribution in [2.24, 2.45) is 0 Å². The molecule has 1 amide bonds. The van der Waals surface area contributed by atoms with Gasteiger partial charge in [-0.05, 0) is 18.2 Å². The molecule has 0 radical (unpaired) electrons. The lowest BCUT2D eigenvalue weighted by molar-refractivity contribution is -0.128. The van der Waals surface area contributed by atoms with E-state index in [0.717, 1.165) is 15.1 Å². The lowest BCUT2D eigenvalue weighted by atomic mass is 10.2. The van der Waals surface area contributed by atoms with Crippen LogP contribution in [-0.2, 0) is 11.3 Å². The average Bonchev–Trinajstić information content (AvgIpc) is 3.43. The molecule has 0 bridgehead atoms. The number of rotatable bonds is 7. The zero-order valence-electron chi connectivity index (χ0n) is 18.4. The van der Waals surface area contributed by atoms with Gasteiger partial charge in [0.15, 0.2) is 11.0 Å². The van der Waals surface area contributed by atoms with Crippen molar-refractivity contribution in [2.45, 2.75) is 11.7 Å². The molecule has 2 N–H and O–H groups in total. The van der Waals surface area contributed by atoms with E-state index < -0.39 is 0 Å². The van der Waals surface area contributed by atoms with Crippen LogP contribution in [0.25, 0.3) is 20.9 Å². The van der Waals surface area contributed by atoms with Crippen molar-refractivity contribution in [3.63, 3.8) is 0 Å². The third kappa shape index (κ3) is 4.33. The van der Waals surface area contributed by atoms with Gasteiger partial charge < -0.3 is 15.5 Å². The van der Waals surface area contributed by atoms with Gasteiger partial charge in [0.05, 0.1) is 16.3 Å². The highest BCUT2D eigenvalue weighted by molar-refractivity contribution is 7.99. The number of pyridine rings is 1. The highest BCUT2D eigenvalue weighted by Gasteiger charge is 2.24. The lowest BCUT2D eigenvalue weighted by Gasteiger charge is -2.34. The second-order valence-corrected chi connectivity index (χ2v) is 9.55. The number of piperazine rings is 1. The summed E-state index contributed by atoms with van der Waals surface area (Å²) in [6.07, 6.45) is 6.99. The fraction of sp³-hybridized carbons (Fsp3) is 0.273. The van der Waals surface area contributed by atoms with Crippen LogP contribution < -0.4 is 10.6 Å². The molecule has 1 aliphatic rings. The molecule has 0 atom stereocenters. The minimum atomic E-state index is 0.0684. The number of fused-ring (bicyclic) bond motifs is 1. The van der Waals surface area contributed by atoms with Gasteiger partial charge in [-0.2, -0.15) is 0 Å². The Labute approximate surface area is 204 Å². The van der Waals surface area contributed by atoms with Crippen LogP contribution in [0.4, 0.5) is 11.6 Å². The summed E-state index contributed by atoms with van der Waals surface area (Å²) in [5, 5.41) is 10.3. The van der Waals surface area contributed by atoms with Crippen LogP contribution in [0.15, 0.2) is 54.6 Å². The molecule has 0 unspecified atom stereocenters. The number of anilines is 2. The van der Waals surface area contributed by atoms with Gasteiger partial charge in [0, 0.05) is 56.7 Å². The predicted octanol–water partition coefficient (Wildman–Crippen LogP) is 2.55. The first-order chi connectivity index (χ1) is 16.7. The van der Waals surface area contributed by atoms with E-state index in [1.807, 2.05) is 21.6 Å². The van der Waals surface area contributed by atoms with Gasteiger partial charge in [0.25, 0.3) is 0 Å². The maximum atomic E-state index is 12.9. The minimum absolute atomic E-state index is 0.0684. The number of thiophene rings is 1. The lowest BCUT2D eigenvalue weighted by Crippen LogP contribution is -2.49. The number of carbonyl (C=O) groups excluding carboxylic acids is 1. The predicted molar refractivity (Wildman–Crippen MR) is 135 cm³/mol. The van der Waals surface area contributed by atoms with Crippen molar-refractivity contribution >= 4 is 50.9 Å². The van der Waals surface area contributed by atoms with Gasteiger partial charge in [-0.15, -0.1) is 28.1 Å². The van der Waals surface area contributed by atoms with Crippen molar-refractivity contribution in [1.29, 1.82) is 0 Å². The largest absolute Gasteiger partial charge is 0.397 e. The molecule has 0 aliphatic carbocycles. The van der Waals surface area contributed by atoms with Crippen molar-refractivity contribution < 1.29 is 4.79 Å². The molecule has 5 rings (SSSR count). The maximum absolute atomic E-state index is 12.9. The summed E-state index contributed by atoms with van der Waals surface area (Å²) < 4.78 is 1.94. The van der Waals surface area contributed by atoms with Crippen LogP contribution in [0, 0.1) is 0 Å². The van der Waals surface area contributed by atoms with E-state index in [1.54, 1.807) is 30.7 Å². The molecule has 1 fully saturated rings. The maximum Gasteiger partial charge on any atom is 0.233 e. The van der Waals surface area contributed by atoms with E-state index in [1.165, 1.54) is 23.1 Å².